The molecule has 0 radical (unpaired) electrons. The summed E-state index contributed by atoms with van der Waals surface area (Å²) in [6.07, 6.45) is 0. The summed E-state index contributed by atoms with van der Waals surface area (Å²) in [6, 6.07) is 18.1. The van der Waals surface area contributed by atoms with Gasteiger partial charge >= 0.3 is 5.97 Å². The van der Waals surface area contributed by atoms with Crippen molar-refractivity contribution in [3.8, 4) is 0 Å². The molecule has 2 atom stereocenters. The molecule has 6 heteroatoms. The van der Waals surface area contributed by atoms with Crippen molar-refractivity contribution in [3.63, 3.8) is 0 Å². The normalized spacial score (nSPS) is 19.9. The van der Waals surface area contributed by atoms with E-state index in [9.17, 15) is 10.0 Å². The Bertz CT molecular complexity index is 788. The number of hydrogen-bond donors (Lipinski definition) is 2. The molecule has 3 rings (SSSR count). The van der Waals surface area contributed by atoms with Gasteiger partial charge in [0.2, 0.25) is 0 Å². The van der Waals surface area contributed by atoms with Crippen LogP contribution in [0.2, 0.25) is 0 Å². The van der Waals surface area contributed by atoms with Crippen molar-refractivity contribution in [1.29, 1.82) is 0 Å². The van der Waals surface area contributed by atoms with E-state index < -0.39 is 12.0 Å². The van der Waals surface area contributed by atoms with E-state index in [0.717, 1.165) is 11.1 Å². The molecular weight excluding hydrogens is 318 g/mol. The molecule has 0 spiro atoms. The molecule has 2 aromatic rings. The van der Waals surface area contributed by atoms with Gasteiger partial charge in [-0.2, -0.15) is 5.10 Å². The minimum Gasteiger partial charge on any atom is -0.464 e. The predicted octanol–water partition coefficient (Wildman–Crippen LogP) is 2.54. The number of carbonyl (C=O) groups excluding carboxylic acids is 1. The number of hydrazone groups is 1. The van der Waals surface area contributed by atoms with Crippen molar-refractivity contribution in [2.75, 3.05) is 6.61 Å². The van der Waals surface area contributed by atoms with Gasteiger partial charge in [0.1, 0.15) is 11.4 Å². The lowest BCUT2D eigenvalue weighted by Gasteiger charge is -2.20. The zero-order valence-corrected chi connectivity index (χ0v) is 13.8. The SMILES string of the molecule is CCOC(=O)C1NN=C(/C(=N/O)c2ccccc2)C1c1ccccc1. The fourth-order valence-electron chi connectivity index (χ4n) is 2.93. The van der Waals surface area contributed by atoms with Crippen LogP contribution in [0.1, 0.15) is 24.0 Å². The largest absolute Gasteiger partial charge is 0.464 e. The average molecular weight is 337 g/mol. The second kappa shape index (κ2) is 7.61. The van der Waals surface area contributed by atoms with Crippen LogP contribution in [-0.2, 0) is 9.53 Å². The van der Waals surface area contributed by atoms with Crippen molar-refractivity contribution >= 4 is 17.4 Å². The van der Waals surface area contributed by atoms with Gasteiger partial charge in [0.15, 0.2) is 6.04 Å². The molecular formula is C19H19N3O3. The Hall–Kier alpha value is -3.15. The van der Waals surface area contributed by atoms with Gasteiger partial charge in [-0.05, 0) is 12.5 Å². The number of nitrogens with one attached hydrogen (secondary N) is 1. The monoisotopic (exact) mass is 337 g/mol. The number of oxime groups is 1. The van der Waals surface area contributed by atoms with Gasteiger partial charge in [-0.1, -0.05) is 65.8 Å². The van der Waals surface area contributed by atoms with Gasteiger partial charge in [0.25, 0.3) is 0 Å². The summed E-state index contributed by atoms with van der Waals surface area (Å²) in [6.45, 7) is 2.05. The molecule has 0 saturated heterocycles. The Morgan fingerprint density at radius 2 is 1.80 bits per heavy atom. The van der Waals surface area contributed by atoms with E-state index in [1.54, 1.807) is 6.92 Å². The van der Waals surface area contributed by atoms with Crippen LogP contribution in [0.4, 0.5) is 0 Å². The first kappa shape index (κ1) is 16.7. The first-order valence-electron chi connectivity index (χ1n) is 8.08. The topological polar surface area (TPSA) is 83.3 Å². The summed E-state index contributed by atoms with van der Waals surface area (Å²) >= 11 is 0. The van der Waals surface area contributed by atoms with Crippen molar-refractivity contribution in [2.45, 2.75) is 18.9 Å². The van der Waals surface area contributed by atoms with Crippen molar-refractivity contribution < 1.29 is 14.7 Å². The standard InChI is InChI=1S/C19H19N3O3/c1-2-25-19(23)18-15(13-9-5-3-6-10-13)17(20-21-18)16(22-24)14-11-7-4-8-12-14/h3-12,15,18,21,24H,2H2,1H3/b22-16+. The lowest BCUT2D eigenvalue weighted by Crippen LogP contribution is -2.38. The molecule has 0 fully saturated rings. The summed E-state index contributed by atoms with van der Waals surface area (Å²) in [5.41, 5.74) is 5.28. The molecule has 0 saturated carbocycles. The van der Waals surface area contributed by atoms with E-state index in [-0.39, 0.29) is 12.6 Å². The molecule has 1 heterocycles. The minimum absolute atomic E-state index is 0.285. The smallest absolute Gasteiger partial charge is 0.331 e. The van der Waals surface area contributed by atoms with E-state index in [2.05, 4.69) is 15.7 Å². The first-order chi connectivity index (χ1) is 12.3. The van der Waals surface area contributed by atoms with Crippen LogP contribution in [0.5, 0.6) is 0 Å². The zero-order chi connectivity index (χ0) is 17.6. The summed E-state index contributed by atoms with van der Waals surface area (Å²) in [5.74, 6) is -0.799. The van der Waals surface area contributed by atoms with Crippen LogP contribution in [0.25, 0.3) is 0 Å². The summed E-state index contributed by atoms with van der Waals surface area (Å²) in [5, 5.41) is 17.3. The molecule has 128 valence electrons. The third-order valence-electron chi connectivity index (χ3n) is 4.04. The summed E-state index contributed by atoms with van der Waals surface area (Å²) in [4.78, 5) is 12.4. The third-order valence-corrected chi connectivity index (χ3v) is 4.04. The van der Waals surface area contributed by atoms with E-state index >= 15 is 0 Å². The van der Waals surface area contributed by atoms with Gasteiger partial charge in [0, 0.05) is 5.56 Å². The third kappa shape index (κ3) is 3.38. The minimum atomic E-state index is -0.669. The molecule has 0 aromatic heterocycles. The van der Waals surface area contributed by atoms with Crippen LogP contribution in [0.15, 0.2) is 70.9 Å². The molecule has 6 nitrogen and oxygen atoms in total. The maximum atomic E-state index is 12.4. The fraction of sp³-hybridized carbons (Fsp3) is 0.211. The van der Waals surface area contributed by atoms with Gasteiger partial charge in [-0.3, -0.25) is 5.43 Å². The number of hydrogen-bond acceptors (Lipinski definition) is 6. The summed E-state index contributed by atoms with van der Waals surface area (Å²) < 4.78 is 5.17. The quantitative estimate of drug-likeness (QED) is 0.380. The van der Waals surface area contributed by atoms with Crippen LogP contribution >= 0.6 is 0 Å². The second-order valence-corrected chi connectivity index (χ2v) is 5.56. The molecule has 1 aliphatic heterocycles. The number of benzene rings is 2. The molecule has 0 aliphatic carbocycles. The molecule has 25 heavy (non-hydrogen) atoms. The number of nitrogens with zero attached hydrogens (tertiary/aromatic N) is 2. The highest BCUT2D eigenvalue weighted by molar-refractivity contribution is 6.50. The number of ether oxygens (including phenoxy) is 1. The molecule has 2 aromatic carbocycles. The highest BCUT2D eigenvalue weighted by atomic mass is 16.5. The van der Waals surface area contributed by atoms with E-state index in [0.29, 0.717) is 11.4 Å². The average Bonchev–Trinajstić information content (AvgIpc) is 3.09. The van der Waals surface area contributed by atoms with Crippen LogP contribution < -0.4 is 5.43 Å². The Kier molecular flexibility index (Phi) is 5.09. The molecule has 2 unspecified atom stereocenters. The van der Waals surface area contributed by atoms with Crippen LogP contribution in [0.3, 0.4) is 0 Å². The maximum absolute atomic E-state index is 12.4. The summed E-state index contributed by atoms with van der Waals surface area (Å²) in [7, 11) is 0. The van der Waals surface area contributed by atoms with Crippen molar-refractivity contribution in [2.24, 2.45) is 10.3 Å². The number of rotatable bonds is 5. The van der Waals surface area contributed by atoms with Crippen LogP contribution in [0, 0.1) is 0 Å². The predicted molar refractivity (Wildman–Crippen MR) is 94.9 cm³/mol. The van der Waals surface area contributed by atoms with Crippen molar-refractivity contribution in [1.82, 2.24) is 5.43 Å². The zero-order valence-electron chi connectivity index (χ0n) is 13.8. The van der Waals surface area contributed by atoms with Gasteiger partial charge in [-0.25, -0.2) is 4.79 Å². The Morgan fingerprint density at radius 1 is 1.16 bits per heavy atom. The molecule has 2 N–H and O–H groups in total. The highest BCUT2D eigenvalue weighted by Gasteiger charge is 2.41. The number of esters is 1. The number of carbonyl (C=O) groups is 1. The van der Waals surface area contributed by atoms with Gasteiger partial charge in [0.05, 0.1) is 12.5 Å². The molecule has 0 amide bonds. The van der Waals surface area contributed by atoms with Crippen LogP contribution in [-0.4, -0.2) is 35.2 Å². The lowest BCUT2D eigenvalue weighted by atomic mass is 9.85. The molecule has 0 bridgehead atoms. The van der Waals surface area contributed by atoms with Gasteiger partial charge in [-0.15, -0.1) is 0 Å². The van der Waals surface area contributed by atoms with E-state index in [1.165, 1.54) is 0 Å². The van der Waals surface area contributed by atoms with E-state index in [4.69, 9.17) is 4.74 Å². The Labute approximate surface area is 145 Å². The highest BCUT2D eigenvalue weighted by Crippen LogP contribution is 2.28. The van der Waals surface area contributed by atoms with E-state index in [1.807, 2.05) is 60.7 Å². The Balaban J connectivity index is 2.01. The second-order valence-electron chi connectivity index (χ2n) is 5.56. The first-order valence-corrected chi connectivity index (χ1v) is 8.08. The van der Waals surface area contributed by atoms with Crippen molar-refractivity contribution in [3.05, 3.63) is 71.8 Å². The lowest BCUT2D eigenvalue weighted by molar-refractivity contribution is -0.145. The fourth-order valence-corrected chi connectivity index (χ4v) is 2.93. The maximum Gasteiger partial charge on any atom is 0.331 e. The van der Waals surface area contributed by atoms with Gasteiger partial charge < -0.3 is 9.94 Å². The molecule has 1 aliphatic rings. The Morgan fingerprint density at radius 3 is 2.40 bits per heavy atom.